The summed E-state index contributed by atoms with van der Waals surface area (Å²) in [6.07, 6.45) is 0.238. The lowest BCUT2D eigenvalue weighted by atomic mass is 10.2. The van der Waals surface area contributed by atoms with Gasteiger partial charge in [0.25, 0.3) is 0 Å². The highest BCUT2D eigenvalue weighted by Gasteiger charge is 2.13. The number of amides is 1. The van der Waals surface area contributed by atoms with Gasteiger partial charge in [-0.2, -0.15) is 5.26 Å². The number of nitriles is 1. The SMILES string of the molecule is CC(C#N)CN(C)C(=O)Cc1csc(N)n1. The molecule has 0 aliphatic rings. The van der Waals surface area contributed by atoms with E-state index in [-0.39, 0.29) is 18.2 Å². The third-order valence-corrected chi connectivity index (χ3v) is 2.82. The number of aromatic nitrogens is 1. The molecule has 1 aromatic rings. The van der Waals surface area contributed by atoms with Crippen molar-refractivity contribution in [1.82, 2.24) is 9.88 Å². The van der Waals surface area contributed by atoms with E-state index in [2.05, 4.69) is 11.1 Å². The van der Waals surface area contributed by atoms with Crippen molar-refractivity contribution in [3.8, 4) is 6.07 Å². The van der Waals surface area contributed by atoms with E-state index in [1.54, 1.807) is 24.3 Å². The molecule has 1 unspecified atom stereocenters. The zero-order valence-corrected chi connectivity index (χ0v) is 10.1. The molecule has 16 heavy (non-hydrogen) atoms. The number of carbonyl (C=O) groups excluding carboxylic acids is 1. The second-order valence-electron chi connectivity index (χ2n) is 3.66. The van der Waals surface area contributed by atoms with E-state index in [0.717, 1.165) is 0 Å². The molecular weight excluding hydrogens is 224 g/mol. The normalized spacial score (nSPS) is 11.8. The Hall–Kier alpha value is -1.61. The minimum Gasteiger partial charge on any atom is -0.375 e. The van der Waals surface area contributed by atoms with E-state index in [1.807, 2.05) is 0 Å². The van der Waals surface area contributed by atoms with E-state index in [1.165, 1.54) is 11.3 Å². The van der Waals surface area contributed by atoms with Crippen molar-refractivity contribution in [3.63, 3.8) is 0 Å². The number of nitrogens with two attached hydrogens (primary N) is 1. The fourth-order valence-electron chi connectivity index (χ4n) is 1.25. The van der Waals surface area contributed by atoms with Crippen LogP contribution in [0, 0.1) is 17.2 Å². The van der Waals surface area contributed by atoms with Gasteiger partial charge in [-0.25, -0.2) is 4.98 Å². The van der Waals surface area contributed by atoms with Crippen LogP contribution < -0.4 is 5.73 Å². The maximum absolute atomic E-state index is 11.7. The predicted molar refractivity (Wildman–Crippen MR) is 62.6 cm³/mol. The molecule has 0 saturated carbocycles. The highest BCUT2D eigenvalue weighted by molar-refractivity contribution is 7.13. The Morgan fingerprint density at radius 2 is 2.50 bits per heavy atom. The average molecular weight is 238 g/mol. The van der Waals surface area contributed by atoms with Crippen molar-refractivity contribution in [2.45, 2.75) is 13.3 Å². The van der Waals surface area contributed by atoms with Crippen LogP contribution in [0.2, 0.25) is 0 Å². The third kappa shape index (κ3) is 3.51. The maximum Gasteiger partial charge on any atom is 0.228 e. The van der Waals surface area contributed by atoms with Gasteiger partial charge in [-0.1, -0.05) is 0 Å². The monoisotopic (exact) mass is 238 g/mol. The van der Waals surface area contributed by atoms with Gasteiger partial charge < -0.3 is 10.6 Å². The molecule has 1 amide bonds. The van der Waals surface area contributed by atoms with Gasteiger partial charge in [0, 0.05) is 19.0 Å². The predicted octanol–water partition coefficient (Wildman–Crippen LogP) is 0.886. The molecule has 6 heteroatoms. The summed E-state index contributed by atoms with van der Waals surface area (Å²) in [7, 11) is 1.69. The van der Waals surface area contributed by atoms with Crippen LogP contribution >= 0.6 is 11.3 Å². The largest absolute Gasteiger partial charge is 0.375 e. The molecule has 0 bridgehead atoms. The maximum atomic E-state index is 11.7. The van der Waals surface area contributed by atoms with Gasteiger partial charge in [0.15, 0.2) is 5.13 Å². The van der Waals surface area contributed by atoms with Crippen molar-refractivity contribution in [3.05, 3.63) is 11.1 Å². The number of rotatable bonds is 4. The number of thiazole rings is 1. The highest BCUT2D eigenvalue weighted by Crippen LogP contribution is 2.12. The Labute approximate surface area is 98.5 Å². The fourth-order valence-corrected chi connectivity index (χ4v) is 1.81. The number of anilines is 1. The number of nitrogen functional groups attached to an aromatic ring is 1. The molecular formula is C10H14N4OS. The van der Waals surface area contributed by atoms with Crippen molar-refractivity contribution in [2.24, 2.45) is 5.92 Å². The molecule has 0 radical (unpaired) electrons. The molecule has 0 fully saturated rings. The quantitative estimate of drug-likeness (QED) is 0.844. The summed E-state index contributed by atoms with van der Waals surface area (Å²) < 4.78 is 0. The molecule has 1 rings (SSSR count). The van der Waals surface area contributed by atoms with Gasteiger partial charge in [-0.3, -0.25) is 4.79 Å². The Bertz CT molecular complexity index is 409. The number of hydrogen-bond acceptors (Lipinski definition) is 5. The fraction of sp³-hybridized carbons (Fsp3) is 0.500. The van der Waals surface area contributed by atoms with E-state index in [4.69, 9.17) is 11.0 Å². The average Bonchev–Trinajstić information content (AvgIpc) is 2.63. The van der Waals surface area contributed by atoms with E-state index < -0.39 is 0 Å². The standard InChI is InChI=1S/C10H14N4OS/c1-7(4-11)5-14(2)9(15)3-8-6-16-10(12)13-8/h6-7H,3,5H2,1-2H3,(H2,12,13). The molecule has 2 N–H and O–H groups in total. The number of likely N-dealkylation sites (N-methyl/N-ethyl adjacent to an activating group) is 1. The molecule has 0 aliphatic carbocycles. The summed E-state index contributed by atoms with van der Waals surface area (Å²) in [5.41, 5.74) is 6.16. The zero-order chi connectivity index (χ0) is 12.1. The summed E-state index contributed by atoms with van der Waals surface area (Å²) >= 11 is 1.32. The number of nitrogens with zero attached hydrogens (tertiary/aromatic N) is 3. The van der Waals surface area contributed by atoms with Crippen molar-refractivity contribution in [1.29, 1.82) is 5.26 Å². The zero-order valence-electron chi connectivity index (χ0n) is 9.30. The molecule has 86 valence electrons. The smallest absolute Gasteiger partial charge is 0.228 e. The van der Waals surface area contributed by atoms with Crippen LogP contribution in [0.15, 0.2) is 5.38 Å². The number of carbonyl (C=O) groups is 1. The van der Waals surface area contributed by atoms with E-state index >= 15 is 0 Å². The molecule has 0 spiro atoms. The van der Waals surface area contributed by atoms with Crippen molar-refractivity contribution >= 4 is 22.4 Å². The lowest BCUT2D eigenvalue weighted by Gasteiger charge is -2.17. The molecule has 1 aromatic heterocycles. The lowest BCUT2D eigenvalue weighted by molar-refractivity contribution is -0.129. The minimum absolute atomic E-state index is 0.0487. The van der Waals surface area contributed by atoms with E-state index in [9.17, 15) is 4.79 Å². The van der Waals surface area contributed by atoms with Crippen molar-refractivity contribution < 1.29 is 4.79 Å². The topological polar surface area (TPSA) is 83.0 Å². The van der Waals surface area contributed by atoms with Crippen LogP contribution in [-0.4, -0.2) is 29.4 Å². The third-order valence-electron chi connectivity index (χ3n) is 2.10. The Balaban J connectivity index is 2.49. The van der Waals surface area contributed by atoms with Crippen LogP contribution in [-0.2, 0) is 11.2 Å². The minimum atomic E-state index is -0.158. The Morgan fingerprint density at radius 3 is 3.00 bits per heavy atom. The van der Waals surface area contributed by atoms with Crippen LogP contribution in [0.3, 0.4) is 0 Å². The van der Waals surface area contributed by atoms with Gasteiger partial charge in [0.1, 0.15) is 0 Å². The second-order valence-corrected chi connectivity index (χ2v) is 4.55. The molecule has 1 atom stereocenters. The van der Waals surface area contributed by atoms with Gasteiger partial charge in [-0.15, -0.1) is 11.3 Å². The molecule has 1 heterocycles. The first kappa shape index (κ1) is 12.5. The summed E-state index contributed by atoms with van der Waals surface area (Å²) in [6, 6.07) is 2.09. The van der Waals surface area contributed by atoms with Crippen LogP contribution in [0.25, 0.3) is 0 Å². The van der Waals surface area contributed by atoms with Crippen LogP contribution in [0.4, 0.5) is 5.13 Å². The Kier molecular flexibility index (Phi) is 4.26. The summed E-state index contributed by atoms with van der Waals surface area (Å²) in [4.78, 5) is 17.3. The number of hydrogen-bond donors (Lipinski definition) is 1. The van der Waals surface area contributed by atoms with Crippen LogP contribution in [0.1, 0.15) is 12.6 Å². The Morgan fingerprint density at radius 1 is 1.81 bits per heavy atom. The van der Waals surface area contributed by atoms with Gasteiger partial charge in [0.2, 0.25) is 5.91 Å². The molecule has 0 saturated heterocycles. The van der Waals surface area contributed by atoms with E-state index in [0.29, 0.717) is 17.4 Å². The molecule has 0 aliphatic heterocycles. The molecule has 0 aromatic carbocycles. The van der Waals surface area contributed by atoms with Gasteiger partial charge in [0.05, 0.1) is 24.1 Å². The first-order valence-electron chi connectivity index (χ1n) is 4.86. The summed E-state index contributed by atoms with van der Waals surface area (Å²) in [5, 5.41) is 10.9. The summed E-state index contributed by atoms with van der Waals surface area (Å²) in [6.45, 7) is 2.22. The van der Waals surface area contributed by atoms with Crippen LogP contribution in [0.5, 0.6) is 0 Å². The first-order chi connectivity index (χ1) is 7.52. The van der Waals surface area contributed by atoms with Crippen molar-refractivity contribution in [2.75, 3.05) is 19.3 Å². The first-order valence-corrected chi connectivity index (χ1v) is 5.74. The second kappa shape index (κ2) is 5.47. The highest BCUT2D eigenvalue weighted by atomic mass is 32.1. The lowest BCUT2D eigenvalue weighted by Crippen LogP contribution is -2.31. The molecule has 5 nitrogen and oxygen atoms in total. The van der Waals surface area contributed by atoms with Gasteiger partial charge in [-0.05, 0) is 6.92 Å². The summed E-state index contributed by atoms with van der Waals surface area (Å²) in [5.74, 6) is -0.207. The van der Waals surface area contributed by atoms with Gasteiger partial charge >= 0.3 is 0 Å².